The van der Waals surface area contributed by atoms with Crippen molar-refractivity contribution in [1.29, 1.82) is 0 Å². The molecule has 0 saturated carbocycles. The Morgan fingerprint density at radius 3 is 2.16 bits per heavy atom. The van der Waals surface area contributed by atoms with Gasteiger partial charge in [0.05, 0.1) is 12.0 Å². The van der Waals surface area contributed by atoms with E-state index in [1.807, 2.05) is 41.9 Å². The van der Waals surface area contributed by atoms with Crippen LogP contribution in [0, 0.1) is 0 Å². The zero-order valence-corrected chi connectivity index (χ0v) is 29.2. The molecular weight excluding hydrogens is 620 g/mol. The Morgan fingerprint density at radius 2 is 1.53 bits per heavy atom. The van der Waals surface area contributed by atoms with Crippen LogP contribution in [0.4, 0.5) is 5.69 Å². The van der Waals surface area contributed by atoms with E-state index in [4.69, 9.17) is 9.47 Å². The van der Waals surface area contributed by atoms with Crippen molar-refractivity contribution in [3.63, 3.8) is 0 Å². The molecule has 1 heterocycles. The minimum atomic E-state index is -0.186. The highest BCUT2D eigenvalue weighted by Gasteiger charge is 2.20. The van der Waals surface area contributed by atoms with E-state index in [-0.39, 0.29) is 34.9 Å². The van der Waals surface area contributed by atoms with Crippen LogP contribution in [0.1, 0.15) is 116 Å². The van der Waals surface area contributed by atoms with Crippen molar-refractivity contribution in [2.75, 3.05) is 18.5 Å². The standard InChI is InChI=1S/C36H52N2O3S.BrH/c1-5-6-7-8-9-10-11-12-13-14-15-16-23-40-34-26-32(20-21-33(34)36(2,3)4)41-28-35(39)37-31-19-17-18-30(25-31)27-38-22-24-42-29-38;/h17-22,24-26,29H,5-16,23,27-28H2,1-4H3;1H. The number of aromatic nitrogens is 1. The molecule has 5 nitrogen and oxygen atoms in total. The lowest BCUT2D eigenvalue weighted by Crippen LogP contribution is -3.00. The summed E-state index contributed by atoms with van der Waals surface area (Å²) in [6.07, 6.45) is 18.0. The Labute approximate surface area is 275 Å². The van der Waals surface area contributed by atoms with Crippen LogP contribution in [-0.4, -0.2) is 19.1 Å². The number of thiazole rings is 1. The maximum atomic E-state index is 12.7. The quantitative estimate of drug-likeness (QED) is 0.110. The first-order valence-electron chi connectivity index (χ1n) is 16.1. The van der Waals surface area contributed by atoms with Crippen molar-refractivity contribution in [1.82, 2.24) is 0 Å². The van der Waals surface area contributed by atoms with Crippen LogP contribution in [0.3, 0.4) is 0 Å². The Bertz CT molecular complexity index is 1180. The molecule has 0 fully saturated rings. The molecule has 0 bridgehead atoms. The van der Waals surface area contributed by atoms with Crippen molar-refractivity contribution in [3.8, 4) is 11.5 Å². The fraction of sp³-hybridized carbons (Fsp3) is 0.556. The summed E-state index contributed by atoms with van der Waals surface area (Å²) in [5, 5.41) is 5.01. The minimum absolute atomic E-state index is 0. The molecule has 0 saturated heterocycles. The Morgan fingerprint density at radius 1 is 0.860 bits per heavy atom. The maximum absolute atomic E-state index is 12.7. The zero-order valence-electron chi connectivity index (χ0n) is 26.8. The summed E-state index contributed by atoms with van der Waals surface area (Å²) in [5.74, 6) is 1.31. The monoisotopic (exact) mass is 672 g/mol. The van der Waals surface area contributed by atoms with Crippen molar-refractivity contribution >= 4 is 22.9 Å². The van der Waals surface area contributed by atoms with Gasteiger partial charge >= 0.3 is 0 Å². The first-order valence-corrected chi connectivity index (χ1v) is 17.0. The van der Waals surface area contributed by atoms with Crippen molar-refractivity contribution in [2.45, 2.75) is 117 Å². The average Bonchev–Trinajstić information content (AvgIpc) is 3.47. The highest BCUT2D eigenvalue weighted by Crippen LogP contribution is 2.34. The van der Waals surface area contributed by atoms with E-state index < -0.39 is 0 Å². The normalized spacial score (nSPS) is 11.2. The number of hydrogen-bond acceptors (Lipinski definition) is 4. The van der Waals surface area contributed by atoms with E-state index in [1.165, 1.54) is 70.6 Å². The van der Waals surface area contributed by atoms with Crippen molar-refractivity contribution < 1.29 is 35.8 Å². The molecule has 0 aliphatic heterocycles. The number of ether oxygens (including phenoxy) is 2. The van der Waals surface area contributed by atoms with E-state index >= 15 is 0 Å². The number of unbranched alkanes of at least 4 members (excludes halogenated alkanes) is 11. The molecule has 3 rings (SSSR count). The second kappa shape index (κ2) is 20.6. The molecule has 7 heteroatoms. The van der Waals surface area contributed by atoms with Gasteiger partial charge in [-0.15, -0.1) is 0 Å². The molecule has 2 aromatic carbocycles. The van der Waals surface area contributed by atoms with Gasteiger partial charge in [-0.05, 0) is 35.6 Å². The lowest BCUT2D eigenvalue weighted by Gasteiger charge is -2.23. The number of anilines is 1. The molecule has 0 unspecified atom stereocenters. The predicted octanol–water partition coefficient (Wildman–Crippen LogP) is 6.48. The Kier molecular flexibility index (Phi) is 17.6. The first-order chi connectivity index (χ1) is 20.3. The molecule has 0 radical (unpaired) electrons. The van der Waals surface area contributed by atoms with Gasteiger partial charge in [0, 0.05) is 17.3 Å². The number of rotatable bonds is 20. The third kappa shape index (κ3) is 14.8. The molecule has 0 aliphatic rings. The van der Waals surface area contributed by atoms with E-state index in [0.717, 1.165) is 35.5 Å². The number of nitrogens with one attached hydrogen (secondary N) is 1. The number of halogens is 1. The summed E-state index contributed by atoms with van der Waals surface area (Å²) in [5.41, 5.74) is 5.07. The van der Waals surface area contributed by atoms with Crippen molar-refractivity contribution in [2.24, 2.45) is 0 Å². The largest absolute Gasteiger partial charge is 1.00 e. The Balaban J connectivity index is 0.00000645. The number of hydrogen-bond donors (Lipinski definition) is 1. The molecule has 0 spiro atoms. The smallest absolute Gasteiger partial charge is 0.262 e. The van der Waals surface area contributed by atoms with E-state index in [0.29, 0.717) is 12.4 Å². The second-order valence-corrected chi connectivity index (χ2v) is 13.1. The summed E-state index contributed by atoms with van der Waals surface area (Å²) < 4.78 is 14.3. The first kappa shape index (κ1) is 36.8. The minimum Gasteiger partial charge on any atom is -1.00 e. The summed E-state index contributed by atoms with van der Waals surface area (Å²) >= 11 is 1.66. The number of nitrogens with zero attached hydrogens (tertiary/aromatic N) is 1. The van der Waals surface area contributed by atoms with Crippen LogP contribution >= 0.6 is 11.3 Å². The van der Waals surface area contributed by atoms with Gasteiger partial charge in [0.25, 0.3) is 5.91 Å². The van der Waals surface area contributed by atoms with Crippen LogP contribution in [0.25, 0.3) is 0 Å². The van der Waals surface area contributed by atoms with Crippen molar-refractivity contribution in [3.05, 3.63) is 70.7 Å². The van der Waals surface area contributed by atoms with Gasteiger partial charge in [-0.3, -0.25) is 4.79 Å². The molecule has 43 heavy (non-hydrogen) atoms. The molecule has 1 aromatic heterocycles. The van der Waals surface area contributed by atoms with Crippen LogP contribution < -0.4 is 36.3 Å². The highest BCUT2D eigenvalue weighted by atomic mass is 79.9. The van der Waals surface area contributed by atoms with Crippen LogP contribution in [0.5, 0.6) is 11.5 Å². The molecular formula is C36H53BrN2O3S. The van der Waals surface area contributed by atoms with Gasteiger partial charge in [-0.2, -0.15) is 4.57 Å². The van der Waals surface area contributed by atoms with E-state index in [9.17, 15) is 4.79 Å². The third-order valence-corrected chi connectivity index (χ3v) is 8.16. The third-order valence-electron chi connectivity index (χ3n) is 7.49. The average molecular weight is 674 g/mol. The highest BCUT2D eigenvalue weighted by molar-refractivity contribution is 7.07. The van der Waals surface area contributed by atoms with Gasteiger partial charge in [0.2, 0.25) is 5.51 Å². The predicted molar refractivity (Wildman–Crippen MR) is 176 cm³/mol. The molecule has 3 aromatic rings. The Hall–Kier alpha value is -2.38. The summed E-state index contributed by atoms with van der Waals surface area (Å²) in [4.78, 5) is 12.7. The SMILES string of the molecule is CCCCCCCCCCCCCCOc1cc(OCC(=O)Nc2cccc(C[n+]3ccsc3)c2)ccc1C(C)(C)C.[Br-]. The van der Waals surface area contributed by atoms with Crippen LogP contribution in [0.2, 0.25) is 0 Å². The molecule has 0 aliphatic carbocycles. The summed E-state index contributed by atoms with van der Waals surface area (Å²) in [6.45, 7) is 10.3. The van der Waals surface area contributed by atoms with Gasteiger partial charge in [0.1, 0.15) is 11.5 Å². The van der Waals surface area contributed by atoms with Gasteiger partial charge in [-0.1, -0.05) is 128 Å². The topological polar surface area (TPSA) is 51.4 Å². The fourth-order valence-electron chi connectivity index (χ4n) is 5.11. The zero-order chi connectivity index (χ0) is 30.0. The van der Waals surface area contributed by atoms with Gasteiger partial charge in [-0.25, -0.2) is 0 Å². The second-order valence-electron chi connectivity index (χ2n) is 12.4. The number of carbonyl (C=O) groups excluding carboxylic acids is 1. The molecule has 1 N–H and O–H groups in total. The lowest BCUT2D eigenvalue weighted by molar-refractivity contribution is -0.683. The lowest BCUT2D eigenvalue weighted by atomic mass is 9.86. The molecule has 238 valence electrons. The number of benzene rings is 2. The summed E-state index contributed by atoms with van der Waals surface area (Å²) in [6, 6.07) is 13.9. The number of carbonyl (C=O) groups is 1. The van der Waals surface area contributed by atoms with E-state index in [1.54, 1.807) is 11.3 Å². The molecule has 1 amide bonds. The summed E-state index contributed by atoms with van der Waals surface area (Å²) in [7, 11) is 0. The van der Waals surface area contributed by atoms with Gasteiger partial charge < -0.3 is 31.8 Å². The fourth-order valence-corrected chi connectivity index (χ4v) is 5.71. The van der Waals surface area contributed by atoms with Crippen LogP contribution in [-0.2, 0) is 16.8 Å². The molecule has 0 atom stereocenters. The van der Waals surface area contributed by atoms with E-state index in [2.05, 4.69) is 55.2 Å². The van der Waals surface area contributed by atoms with Gasteiger partial charge in [0.15, 0.2) is 19.3 Å². The maximum Gasteiger partial charge on any atom is 0.262 e. The number of amides is 1. The van der Waals surface area contributed by atoms with Crippen LogP contribution in [0.15, 0.2) is 59.6 Å².